The Labute approximate surface area is 214 Å². The molecule has 0 bridgehead atoms. The highest BCUT2D eigenvalue weighted by atomic mass is 32.2. The molecule has 0 unspecified atom stereocenters. The Bertz CT molecular complexity index is 1150. The summed E-state index contributed by atoms with van der Waals surface area (Å²) in [4.78, 5) is 4.54. The summed E-state index contributed by atoms with van der Waals surface area (Å²) in [6.07, 6.45) is 0.761. The molecule has 0 aromatic heterocycles. The highest BCUT2D eigenvalue weighted by molar-refractivity contribution is 7.96. The summed E-state index contributed by atoms with van der Waals surface area (Å²) in [5.74, 6) is 0. The van der Waals surface area contributed by atoms with E-state index >= 15 is 0 Å². The number of piperazine rings is 1. The minimum atomic E-state index is -4.82. The van der Waals surface area contributed by atoms with Crippen molar-refractivity contribution in [1.29, 1.82) is 0 Å². The van der Waals surface area contributed by atoms with Crippen LogP contribution in [-0.2, 0) is 15.6 Å². The minimum Gasteiger partial charge on any atom is -0.392 e. The fourth-order valence-electron chi connectivity index (χ4n) is 4.85. The van der Waals surface area contributed by atoms with Gasteiger partial charge >= 0.3 is 6.18 Å². The topological polar surface area (TPSA) is 84.3 Å². The van der Waals surface area contributed by atoms with Crippen LogP contribution in [0.2, 0.25) is 0 Å². The first-order valence-corrected chi connectivity index (χ1v) is 13.6. The SMILES string of the molecule is C[C@@](O)(c1ccc(N2CCN(S(=O)(=O)C3=CC=CCC3=S)C[C@@H]2CN2CC[C@@H](O)C2)cc1)C(F)(F)F. The fraction of sp³-hybridized carbons (Fsp3) is 0.542. The molecule has 12 heteroatoms. The van der Waals surface area contributed by atoms with Crippen LogP contribution in [0.4, 0.5) is 18.9 Å². The Balaban J connectivity index is 1.59. The van der Waals surface area contributed by atoms with Gasteiger partial charge in [-0.15, -0.1) is 0 Å². The molecule has 2 heterocycles. The zero-order valence-electron chi connectivity index (χ0n) is 19.9. The van der Waals surface area contributed by atoms with Gasteiger partial charge in [0.25, 0.3) is 0 Å². The van der Waals surface area contributed by atoms with E-state index in [4.69, 9.17) is 12.2 Å². The van der Waals surface area contributed by atoms with E-state index in [2.05, 4.69) is 4.90 Å². The van der Waals surface area contributed by atoms with Crippen LogP contribution < -0.4 is 4.90 Å². The quantitative estimate of drug-likeness (QED) is 0.532. The van der Waals surface area contributed by atoms with Gasteiger partial charge in [-0.2, -0.15) is 17.5 Å². The molecule has 0 radical (unpaired) electrons. The number of aliphatic hydroxyl groups excluding tert-OH is 1. The van der Waals surface area contributed by atoms with Crippen LogP contribution in [0.25, 0.3) is 0 Å². The van der Waals surface area contributed by atoms with Crippen LogP contribution in [0.15, 0.2) is 47.4 Å². The number of likely N-dealkylation sites (tertiary alicyclic amines) is 1. The molecular formula is C24H30F3N3O4S2. The number of allylic oxidation sites excluding steroid dienone is 4. The van der Waals surface area contributed by atoms with E-state index < -0.39 is 27.9 Å². The monoisotopic (exact) mass is 545 g/mol. The normalized spacial score (nSPS) is 26.2. The number of sulfonamides is 1. The van der Waals surface area contributed by atoms with E-state index in [0.717, 1.165) is 0 Å². The van der Waals surface area contributed by atoms with Crippen LogP contribution in [0.5, 0.6) is 0 Å². The molecule has 2 N–H and O–H groups in total. The lowest BCUT2D eigenvalue weighted by Gasteiger charge is -2.44. The molecule has 198 valence electrons. The van der Waals surface area contributed by atoms with Gasteiger partial charge in [-0.1, -0.05) is 36.5 Å². The number of benzene rings is 1. The molecule has 3 aliphatic rings. The Kier molecular flexibility index (Phi) is 7.67. The fourth-order valence-corrected chi connectivity index (χ4v) is 6.92. The number of aliphatic hydroxyl groups is 2. The standard InChI is InChI=1S/C24H30F3N3O4S2/c1-23(32,24(25,26)27)17-6-8-18(9-7-17)30-13-12-29(15-19(30)14-28-11-10-20(31)16-28)36(33,34)22-5-3-2-4-21(22)35/h2-3,5-9,19-20,31-32H,4,10-16H2,1H3/t19-,20+,23+/m0/s1. The summed E-state index contributed by atoms with van der Waals surface area (Å²) in [5, 5.41) is 20.0. The van der Waals surface area contributed by atoms with Gasteiger partial charge < -0.3 is 15.1 Å². The molecule has 2 aliphatic heterocycles. The third-order valence-electron chi connectivity index (χ3n) is 7.05. The molecule has 1 aliphatic carbocycles. The van der Waals surface area contributed by atoms with Crippen LogP contribution in [-0.4, -0.2) is 90.3 Å². The second-order valence-corrected chi connectivity index (χ2v) is 12.0. The Morgan fingerprint density at radius 1 is 1.11 bits per heavy atom. The zero-order valence-corrected chi connectivity index (χ0v) is 21.5. The maximum atomic E-state index is 13.4. The molecule has 0 spiro atoms. The average molecular weight is 546 g/mol. The first kappa shape index (κ1) is 27.2. The zero-order chi connectivity index (χ0) is 26.3. The van der Waals surface area contributed by atoms with Gasteiger partial charge in [0, 0.05) is 56.2 Å². The molecule has 2 fully saturated rings. The molecule has 4 rings (SSSR count). The maximum Gasteiger partial charge on any atom is 0.421 e. The average Bonchev–Trinajstić information content (AvgIpc) is 3.23. The van der Waals surface area contributed by atoms with Gasteiger partial charge in [-0.05, 0) is 37.1 Å². The summed E-state index contributed by atoms with van der Waals surface area (Å²) >= 11 is 5.30. The number of anilines is 1. The van der Waals surface area contributed by atoms with Crippen molar-refractivity contribution in [3.8, 4) is 0 Å². The lowest BCUT2D eigenvalue weighted by molar-refractivity contribution is -0.258. The lowest BCUT2D eigenvalue weighted by Crippen LogP contribution is -2.58. The van der Waals surface area contributed by atoms with Gasteiger partial charge in [-0.25, -0.2) is 8.42 Å². The predicted molar refractivity (Wildman–Crippen MR) is 135 cm³/mol. The van der Waals surface area contributed by atoms with Crippen molar-refractivity contribution in [3.63, 3.8) is 0 Å². The smallest absolute Gasteiger partial charge is 0.392 e. The molecule has 1 aromatic rings. The molecule has 0 amide bonds. The summed E-state index contributed by atoms with van der Waals surface area (Å²) < 4.78 is 68.0. The van der Waals surface area contributed by atoms with Crippen molar-refractivity contribution in [2.24, 2.45) is 0 Å². The Morgan fingerprint density at radius 3 is 2.39 bits per heavy atom. The second-order valence-electron chi connectivity index (χ2n) is 9.62. The number of rotatable bonds is 6. The highest BCUT2D eigenvalue weighted by Gasteiger charge is 2.51. The van der Waals surface area contributed by atoms with Crippen molar-refractivity contribution in [3.05, 3.63) is 53.0 Å². The number of hydrogen-bond donors (Lipinski definition) is 2. The number of hydrogen-bond acceptors (Lipinski definition) is 7. The number of thiocarbonyl (C=S) groups is 1. The van der Waals surface area contributed by atoms with Gasteiger partial charge in [0.1, 0.15) is 0 Å². The largest absolute Gasteiger partial charge is 0.421 e. The molecule has 7 nitrogen and oxygen atoms in total. The number of nitrogens with zero attached hydrogens (tertiary/aromatic N) is 3. The summed E-state index contributed by atoms with van der Waals surface area (Å²) in [6.45, 7) is 3.02. The van der Waals surface area contributed by atoms with E-state index in [9.17, 15) is 31.8 Å². The molecule has 2 saturated heterocycles. The predicted octanol–water partition coefficient (Wildman–Crippen LogP) is 2.56. The van der Waals surface area contributed by atoms with Crippen molar-refractivity contribution in [2.45, 2.75) is 43.7 Å². The van der Waals surface area contributed by atoms with Gasteiger partial charge in [-0.3, -0.25) is 4.90 Å². The van der Waals surface area contributed by atoms with E-state index in [1.807, 2.05) is 4.90 Å². The minimum absolute atomic E-state index is 0.127. The molecule has 0 saturated carbocycles. The second kappa shape index (κ2) is 10.1. The Morgan fingerprint density at radius 2 is 1.81 bits per heavy atom. The van der Waals surface area contributed by atoms with Crippen molar-refractivity contribution < 1.29 is 31.8 Å². The summed E-state index contributed by atoms with van der Waals surface area (Å²) in [6, 6.07) is 5.24. The molecule has 3 atom stereocenters. The van der Waals surface area contributed by atoms with Gasteiger partial charge in [0.05, 0.1) is 17.1 Å². The molecule has 36 heavy (non-hydrogen) atoms. The first-order valence-electron chi connectivity index (χ1n) is 11.8. The van der Waals surface area contributed by atoms with Crippen LogP contribution in [0.1, 0.15) is 25.3 Å². The van der Waals surface area contributed by atoms with E-state index in [-0.39, 0.29) is 29.6 Å². The molecular weight excluding hydrogens is 515 g/mol. The Hall–Kier alpha value is -1.83. The third kappa shape index (κ3) is 5.39. The third-order valence-corrected chi connectivity index (χ3v) is 9.52. The molecule has 1 aromatic carbocycles. The van der Waals surface area contributed by atoms with E-state index in [0.29, 0.717) is 56.5 Å². The van der Waals surface area contributed by atoms with E-state index in [1.165, 1.54) is 34.6 Å². The van der Waals surface area contributed by atoms with Crippen LogP contribution >= 0.6 is 12.2 Å². The lowest BCUT2D eigenvalue weighted by atomic mass is 9.95. The van der Waals surface area contributed by atoms with Crippen molar-refractivity contribution in [2.75, 3.05) is 44.2 Å². The van der Waals surface area contributed by atoms with Crippen LogP contribution in [0.3, 0.4) is 0 Å². The summed E-state index contributed by atoms with van der Waals surface area (Å²) in [7, 11) is -3.81. The number of halogens is 3. The first-order chi connectivity index (χ1) is 16.8. The van der Waals surface area contributed by atoms with Crippen molar-refractivity contribution in [1.82, 2.24) is 9.21 Å². The maximum absolute atomic E-state index is 13.4. The number of β-amino-alcohol motifs (C(OH)–C–C–N with tert-alkyl or cyclic N) is 1. The van der Waals surface area contributed by atoms with Gasteiger partial charge in [0.2, 0.25) is 10.0 Å². The van der Waals surface area contributed by atoms with E-state index in [1.54, 1.807) is 12.2 Å². The highest BCUT2D eigenvalue weighted by Crippen LogP contribution is 2.39. The number of alkyl halides is 3. The van der Waals surface area contributed by atoms with Gasteiger partial charge in [0.15, 0.2) is 5.60 Å². The van der Waals surface area contributed by atoms with Crippen LogP contribution in [0, 0.1) is 0 Å². The summed E-state index contributed by atoms with van der Waals surface area (Å²) in [5.41, 5.74) is -2.62. The van der Waals surface area contributed by atoms with Crippen molar-refractivity contribution >= 4 is 32.8 Å².